The number of rotatable bonds is 2. The molecule has 0 atom stereocenters. The second-order valence-electron chi connectivity index (χ2n) is 4.99. The highest BCUT2D eigenvalue weighted by Gasteiger charge is 2.33. The van der Waals surface area contributed by atoms with Crippen molar-refractivity contribution in [2.45, 2.75) is 6.92 Å². The summed E-state index contributed by atoms with van der Waals surface area (Å²) in [6, 6.07) is 11.9. The van der Waals surface area contributed by atoms with Gasteiger partial charge in [-0.3, -0.25) is 9.69 Å². The summed E-state index contributed by atoms with van der Waals surface area (Å²) >= 11 is 12.5. The predicted octanol–water partition coefficient (Wildman–Crippen LogP) is 5.19. The molecule has 1 saturated heterocycles. The zero-order valence-corrected chi connectivity index (χ0v) is 14.4. The van der Waals surface area contributed by atoms with Crippen molar-refractivity contribution in [3.05, 3.63) is 69.3 Å². The average Bonchev–Trinajstić information content (AvgIpc) is 2.77. The highest BCUT2D eigenvalue weighted by atomic mass is 35.5. The van der Waals surface area contributed by atoms with Gasteiger partial charge in [0.2, 0.25) is 0 Å². The van der Waals surface area contributed by atoms with Gasteiger partial charge in [0.1, 0.15) is 5.82 Å². The van der Waals surface area contributed by atoms with Crippen molar-refractivity contribution in [2.75, 3.05) is 4.90 Å². The van der Waals surface area contributed by atoms with Crippen LogP contribution in [0.15, 0.2) is 47.4 Å². The van der Waals surface area contributed by atoms with Gasteiger partial charge in [0.25, 0.3) is 5.91 Å². The summed E-state index contributed by atoms with van der Waals surface area (Å²) in [5.41, 5.74) is 1.92. The van der Waals surface area contributed by atoms with E-state index < -0.39 is 5.82 Å². The number of hydrogen-bond acceptors (Lipinski definition) is 3. The van der Waals surface area contributed by atoms with Gasteiger partial charge in [0.15, 0.2) is 4.32 Å². The van der Waals surface area contributed by atoms with Gasteiger partial charge >= 0.3 is 0 Å². The van der Waals surface area contributed by atoms with Crippen molar-refractivity contribution in [1.82, 2.24) is 0 Å². The van der Waals surface area contributed by atoms with Gasteiger partial charge < -0.3 is 0 Å². The fraction of sp³-hybridized carbons (Fsp3) is 0.0588. The fourth-order valence-electron chi connectivity index (χ4n) is 2.24. The number of hydrogen-bond donors (Lipinski definition) is 0. The molecule has 0 unspecified atom stereocenters. The smallest absolute Gasteiger partial charge is 0.268 e. The fourth-order valence-corrected chi connectivity index (χ4v) is 3.74. The maximum Gasteiger partial charge on any atom is 0.270 e. The van der Waals surface area contributed by atoms with Crippen LogP contribution in [-0.4, -0.2) is 10.2 Å². The molecule has 0 aromatic heterocycles. The van der Waals surface area contributed by atoms with Gasteiger partial charge in [-0.1, -0.05) is 53.8 Å². The van der Waals surface area contributed by atoms with E-state index in [0.717, 1.165) is 17.3 Å². The topological polar surface area (TPSA) is 20.3 Å². The first-order valence-corrected chi connectivity index (χ1v) is 8.36. The molecule has 0 N–H and O–H groups in total. The third kappa shape index (κ3) is 3.17. The number of thioether (sulfide) groups is 1. The molecule has 1 fully saturated rings. The zero-order valence-electron chi connectivity index (χ0n) is 12.0. The third-order valence-corrected chi connectivity index (χ3v) is 4.96. The van der Waals surface area contributed by atoms with Crippen LogP contribution in [0, 0.1) is 12.7 Å². The van der Waals surface area contributed by atoms with Crippen molar-refractivity contribution >= 4 is 57.6 Å². The normalized spacial score (nSPS) is 16.5. The summed E-state index contributed by atoms with van der Waals surface area (Å²) in [7, 11) is 0. The molecule has 3 rings (SSSR count). The van der Waals surface area contributed by atoms with E-state index in [-0.39, 0.29) is 16.5 Å². The standard InChI is InChI=1S/C17H11ClFNOS2/c1-10-4-2-5-11(8-10)20-16(21)15(23-17(20)22)9-12-13(18)6-3-7-14(12)19/h2-9H,1H3/b15-9-. The lowest BCUT2D eigenvalue weighted by atomic mass is 10.2. The number of amides is 1. The quantitative estimate of drug-likeness (QED) is 0.540. The van der Waals surface area contributed by atoms with E-state index in [9.17, 15) is 9.18 Å². The molecule has 23 heavy (non-hydrogen) atoms. The van der Waals surface area contributed by atoms with E-state index >= 15 is 0 Å². The van der Waals surface area contributed by atoms with E-state index in [4.69, 9.17) is 23.8 Å². The largest absolute Gasteiger partial charge is 0.270 e. The Kier molecular flexibility index (Phi) is 4.53. The Morgan fingerprint density at radius 2 is 2.00 bits per heavy atom. The molecule has 0 saturated carbocycles. The number of carbonyl (C=O) groups excluding carboxylic acids is 1. The van der Waals surface area contributed by atoms with Crippen molar-refractivity contribution in [3.63, 3.8) is 0 Å². The molecule has 0 spiro atoms. The lowest BCUT2D eigenvalue weighted by Crippen LogP contribution is -2.27. The summed E-state index contributed by atoms with van der Waals surface area (Å²) < 4.78 is 14.3. The van der Waals surface area contributed by atoms with Gasteiger partial charge in [-0.25, -0.2) is 4.39 Å². The van der Waals surface area contributed by atoms with Crippen molar-refractivity contribution in [2.24, 2.45) is 0 Å². The molecule has 1 amide bonds. The molecule has 2 aromatic rings. The maximum absolute atomic E-state index is 13.9. The zero-order chi connectivity index (χ0) is 16.6. The van der Waals surface area contributed by atoms with E-state index in [0.29, 0.717) is 14.9 Å². The number of aryl methyl sites for hydroxylation is 1. The molecule has 0 aliphatic carbocycles. The van der Waals surface area contributed by atoms with E-state index in [2.05, 4.69) is 0 Å². The summed E-state index contributed by atoms with van der Waals surface area (Å²) in [5.74, 6) is -0.747. The van der Waals surface area contributed by atoms with Crippen LogP contribution in [0.5, 0.6) is 0 Å². The summed E-state index contributed by atoms with van der Waals surface area (Å²) in [6.45, 7) is 1.94. The first-order chi connectivity index (χ1) is 11.0. The molecule has 2 nitrogen and oxygen atoms in total. The molecule has 116 valence electrons. The number of halogens is 2. The second-order valence-corrected chi connectivity index (χ2v) is 7.07. The average molecular weight is 364 g/mol. The summed E-state index contributed by atoms with van der Waals surface area (Å²) in [6.07, 6.45) is 1.45. The number of thiocarbonyl (C=S) groups is 1. The van der Waals surface area contributed by atoms with Gasteiger partial charge in [-0.05, 0) is 42.8 Å². The summed E-state index contributed by atoms with van der Waals surface area (Å²) in [5, 5.41) is 0.255. The van der Waals surface area contributed by atoms with E-state index in [1.807, 2.05) is 31.2 Å². The van der Waals surface area contributed by atoms with Crippen LogP contribution in [0.3, 0.4) is 0 Å². The molecule has 1 aliphatic heterocycles. The molecule has 0 radical (unpaired) electrons. The lowest BCUT2D eigenvalue weighted by Gasteiger charge is -2.14. The monoisotopic (exact) mass is 363 g/mol. The predicted molar refractivity (Wildman–Crippen MR) is 98.2 cm³/mol. The Morgan fingerprint density at radius 1 is 1.26 bits per heavy atom. The molecule has 0 bridgehead atoms. The first-order valence-electron chi connectivity index (χ1n) is 6.76. The van der Waals surface area contributed by atoms with Crippen molar-refractivity contribution < 1.29 is 9.18 Å². The number of benzene rings is 2. The minimum absolute atomic E-state index is 0.193. The summed E-state index contributed by atoms with van der Waals surface area (Å²) in [4.78, 5) is 14.4. The first kappa shape index (κ1) is 16.2. The van der Waals surface area contributed by atoms with E-state index in [1.165, 1.54) is 23.1 Å². The Labute approximate surface area is 147 Å². The number of carbonyl (C=O) groups is 1. The van der Waals surface area contributed by atoms with Crippen LogP contribution in [0.4, 0.5) is 10.1 Å². The van der Waals surface area contributed by atoms with E-state index in [1.54, 1.807) is 6.07 Å². The van der Waals surface area contributed by atoms with Crippen LogP contribution in [0.2, 0.25) is 5.02 Å². The van der Waals surface area contributed by atoms with Crippen LogP contribution >= 0.6 is 35.6 Å². The molecular weight excluding hydrogens is 353 g/mol. The molecule has 1 heterocycles. The maximum atomic E-state index is 13.9. The van der Waals surface area contributed by atoms with Gasteiger partial charge in [0.05, 0.1) is 15.6 Å². The number of anilines is 1. The van der Waals surface area contributed by atoms with Crippen LogP contribution in [-0.2, 0) is 4.79 Å². The van der Waals surface area contributed by atoms with Crippen LogP contribution in [0.1, 0.15) is 11.1 Å². The Balaban J connectivity index is 2.00. The van der Waals surface area contributed by atoms with Crippen molar-refractivity contribution in [1.29, 1.82) is 0 Å². The minimum atomic E-state index is -0.474. The Morgan fingerprint density at radius 3 is 2.70 bits per heavy atom. The minimum Gasteiger partial charge on any atom is -0.268 e. The Bertz CT molecular complexity index is 830. The Hall–Kier alpha value is -1.69. The molecule has 2 aromatic carbocycles. The van der Waals surface area contributed by atoms with Gasteiger partial charge in [0, 0.05) is 5.56 Å². The van der Waals surface area contributed by atoms with Crippen molar-refractivity contribution in [3.8, 4) is 0 Å². The highest BCUT2D eigenvalue weighted by Crippen LogP contribution is 2.37. The molecule has 6 heteroatoms. The molecule has 1 aliphatic rings. The number of nitrogens with zero attached hydrogens (tertiary/aromatic N) is 1. The highest BCUT2D eigenvalue weighted by molar-refractivity contribution is 8.27. The van der Waals surface area contributed by atoms with Gasteiger partial charge in [-0.15, -0.1) is 0 Å². The molecular formula is C17H11ClFNOS2. The SMILES string of the molecule is Cc1cccc(N2C(=O)/C(=C/c3c(F)cccc3Cl)SC2=S)c1. The van der Waals surface area contributed by atoms with Crippen LogP contribution in [0.25, 0.3) is 6.08 Å². The third-order valence-electron chi connectivity index (χ3n) is 3.33. The lowest BCUT2D eigenvalue weighted by molar-refractivity contribution is -0.113. The second kappa shape index (κ2) is 6.43. The van der Waals surface area contributed by atoms with Crippen LogP contribution < -0.4 is 4.90 Å². The van der Waals surface area contributed by atoms with Gasteiger partial charge in [-0.2, -0.15) is 0 Å².